The lowest BCUT2D eigenvalue weighted by Crippen LogP contribution is -2.42. The molecule has 0 aliphatic carbocycles. The first-order valence-corrected chi connectivity index (χ1v) is 9.87. The van der Waals surface area contributed by atoms with Gasteiger partial charge in [0, 0.05) is 43.0 Å². The minimum Gasteiger partial charge on any atom is -0.469 e. The molecule has 2 saturated heterocycles. The molecule has 142 valence electrons. The van der Waals surface area contributed by atoms with Gasteiger partial charge in [-0.05, 0) is 36.4 Å². The minimum absolute atomic E-state index is 0. The van der Waals surface area contributed by atoms with Gasteiger partial charge in [-0.1, -0.05) is 6.07 Å². The second-order valence-electron chi connectivity index (χ2n) is 6.95. The van der Waals surface area contributed by atoms with E-state index in [9.17, 15) is 0 Å². The Labute approximate surface area is 175 Å². The Morgan fingerprint density at radius 1 is 1.31 bits per heavy atom. The third-order valence-corrected chi connectivity index (χ3v) is 5.98. The number of ether oxygens (including phenoxy) is 1. The summed E-state index contributed by atoms with van der Waals surface area (Å²) in [5.74, 6) is 2.02. The van der Waals surface area contributed by atoms with Gasteiger partial charge in [0.2, 0.25) is 0 Å². The van der Waals surface area contributed by atoms with Gasteiger partial charge in [-0.3, -0.25) is 0 Å². The van der Waals surface area contributed by atoms with Crippen LogP contribution in [-0.4, -0.2) is 43.7 Å². The standard InChI is InChI=1S/C19H25N3O2S.HI/c1-3-16(24-10-1)5-8-20-18(21-13-17-4-2-12-25-17)22-9-6-19(14-22)7-11-23-15-19;/h1-4,10,12H,5-9,11,13-15H2,(H,20,21);1H. The van der Waals surface area contributed by atoms with E-state index in [0.717, 1.165) is 57.5 Å². The molecule has 0 bridgehead atoms. The molecule has 1 atom stereocenters. The van der Waals surface area contributed by atoms with E-state index < -0.39 is 0 Å². The lowest BCUT2D eigenvalue weighted by Gasteiger charge is -2.25. The number of likely N-dealkylation sites (tertiary alicyclic amines) is 1. The molecule has 4 rings (SSSR count). The van der Waals surface area contributed by atoms with Crippen LogP contribution in [0.1, 0.15) is 23.5 Å². The molecule has 1 N–H and O–H groups in total. The smallest absolute Gasteiger partial charge is 0.194 e. The lowest BCUT2D eigenvalue weighted by molar-refractivity contribution is 0.156. The van der Waals surface area contributed by atoms with Gasteiger partial charge in [0.1, 0.15) is 5.76 Å². The topological polar surface area (TPSA) is 50.0 Å². The van der Waals surface area contributed by atoms with Gasteiger partial charge in [-0.2, -0.15) is 0 Å². The van der Waals surface area contributed by atoms with E-state index in [0.29, 0.717) is 5.41 Å². The molecule has 0 radical (unpaired) electrons. The highest BCUT2D eigenvalue weighted by Crippen LogP contribution is 2.38. The van der Waals surface area contributed by atoms with Crippen molar-refractivity contribution in [3.63, 3.8) is 0 Å². The van der Waals surface area contributed by atoms with Crippen LogP contribution in [0.3, 0.4) is 0 Å². The molecular weight excluding hydrogens is 461 g/mol. The summed E-state index contributed by atoms with van der Waals surface area (Å²) in [5.41, 5.74) is 0.340. The zero-order valence-corrected chi connectivity index (χ0v) is 18.0. The molecule has 2 aromatic rings. The molecular formula is C19H26IN3O2S. The molecule has 5 nitrogen and oxygen atoms in total. The van der Waals surface area contributed by atoms with Gasteiger partial charge >= 0.3 is 0 Å². The van der Waals surface area contributed by atoms with E-state index in [1.807, 2.05) is 12.1 Å². The van der Waals surface area contributed by atoms with Gasteiger partial charge in [0.15, 0.2) is 5.96 Å². The van der Waals surface area contributed by atoms with Crippen LogP contribution >= 0.6 is 35.3 Å². The van der Waals surface area contributed by atoms with Gasteiger partial charge in [-0.25, -0.2) is 4.99 Å². The molecule has 0 saturated carbocycles. The number of furan rings is 1. The maximum absolute atomic E-state index is 5.66. The summed E-state index contributed by atoms with van der Waals surface area (Å²) < 4.78 is 11.1. The Kier molecular flexibility index (Phi) is 6.99. The summed E-state index contributed by atoms with van der Waals surface area (Å²) in [7, 11) is 0. The Bertz CT molecular complexity index is 682. The summed E-state index contributed by atoms with van der Waals surface area (Å²) >= 11 is 1.76. The molecule has 0 amide bonds. The van der Waals surface area contributed by atoms with Gasteiger partial charge in [0.05, 0.1) is 19.4 Å². The Morgan fingerprint density at radius 2 is 2.27 bits per heavy atom. The van der Waals surface area contributed by atoms with Crippen molar-refractivity contribution >= 4 is 41.3 Å². The number of nitrogens with one attached hydrogen (secondary N) is 1. The van der Waals surface area contributed by atoms with Gasteiger partial charge in [0.25, 0.3) is 0 Å². The van der Waals surface area contributed by atoms with Crippen LogP contribution in [0.25, 0.3) is 0 Å². The van der Waals surface area contributed by atoms with Crippen molar-refractivity contribution in [1.82, 2.24) is 10.2 Å². The molecule has 2 fully saturated rings. The number of hydrogen-bond acceptors (Lipinski definition) is 4. The van der Waals surface area contributed by atoms with E-state index in [2.05, 4.69) is 27.7 Å². The Morgan fingerprint density at radius 3 is 3.00 bits per heavy atom. The summed E-state index contributed by atoms with van der Waals surface area (Å²) in [6.45, 7) is 5.47. The fourth-order valence-electron chi connectivity index (χ4n) is 3.66. The van der Waals surface area contributed by atoms with Crippen molar-refractivity contribution in [1.29, 1.82) is 0 Å². The molecule has 0 aromatic carbocycles. The van der Waals surface area contributed by atoms with Crippen molar-refractivity contribution in [2.24, 2.45) is 10.4 Å². The third-order valence-electron chi connectivity index (χ3n) is 5.12. The first-order chi connectivity index (χ1) is 12.3. The first kappa shape index (κ1) is 19.7. The summed E-state index contributed by atoms with van der Waals surface area (Å²) in [6.07, 6.45) is 4.97. The highest BCUT2D eigenvalue weighted by Gasteiger charge is 2.42. The Balaban J connectivity index is 0.00000196. The Hall–Kier alpha value is -1.06. The van der Waals surface area contributed by atoms with Crippen LogP contribution in [0, 0.1) is 5.41 Å². The highest BCUT2D eigenvalue weighted by molar-refractivity contribution is 14.0. The van der Waals surface area contributed by atoms with E-state index in [1.54, 1.807) is 17.6 Å². The summed E-state index contributed by atoms with van der Waals surface area (Å²) in [6, 6.07) is 8.18. The number of halogens is 1. The summed E-state index contributed by atoms with van der Waals surface area (Å²) in [5, 5.41) is 5.66. The van der Waals surface area contributed by atoms with Crippen molar-refractivity contribution < 1.29 is 9.15 Å². The van der Waals surface area contributed by atoms with E-state index in [-0.39, 0.29) is 24.0 Å². The van der Waals surface area contributed by atoms with Gasteiger partial charge < -0.3 is 19.4 Å². The molecule has 26 heavy (non-hydrogen) atoms. The van der Waals surface area contributed by atoms with Gasteiger partial charge in [-0.15, -0.1) is 35.3 Å². The fraction of sp³-hybridized carbons (Fsp3) is 0.526. The summed E-state index contributed by atoms with van der Waals surface area (Å²) in [4.78, 5) is 8.59. The number of thiophene rings is 1. The van der Waals surface area contributed by atoms with Crippen LogP contribution in [-0.2, 0) is 17.7 Å². The second kappa shape index (κ2) is 9.23. The number of rotatable bonds is 5. The molecule has 4 heterocycles. The van der Waals surface area contributed by atoms with Crippen LogP contribution in [0.5, 0.6) is 0 Å². The second-order valence-corrected chi connectivity index (χ2v) is 7.98. The molecule has 2 aliphatic rings. The van der Waals surface area contributed by atoms with E-state index in [4.69, 9.17) is 14.1 Å². The van der Waals surface area contributed by atoms with Crippen molar-refractivity contribution in [2.75, 3.05) is 32.8 Å². The van der Waals surface area contributed by atoms with Crippen molar-refractivity contribution in [3.05, 3.63) is 46.5 Å². The molecule has 1 unspecified atom stereocenters. The van der Waals surface area contributed by atoms with Crippen LogP contribution in [0.2, 0.25) is 0 Å². The number of hydrogen-bond donors (Lipinski definition) is 1. The number of nitrogens with zero attached hydrogens (tertiary/aromatic N) is 2. The molecule has 2 aliphatic heterocycles. The molecule has 2 aromatic heterocycles. The van der Waals surface area contributed by atoms with Crippen molar-refractivity contribution in [3.8, 4) is 0 Å². The number of aliphatic imine (C=N–C) groups is 1. The fourth-order valence-corrected chi connectivity index (χ4v) is 4.29. The van der Waals surface area contributed by atoms with Crippen LogP contribution in [0.4, 0.5) is 0 Å². The monoisotopic (exact) mass is 487 g/mol. The first-order valence-electron chi connectivity index (χ1n) is 8.99. The maximum Gasteiger partial charge on any atom is 0.194 e. The van der Waals surface area contributed by atoms with Crippen molar-refractivity contribution in [2.45, 2.75) is 25.8 Å². The predicted octanol–water partition coefficient (Wildman–Crippen LogP) is 3.76. The van der Waals surface area contributed by atoms with Crippen LogP contribution < -0.4 is 5.32 Å². The average molecular weight is 487 g/mol. The molecule has 7 heteroatoms. The highest BCUT2D eigenvalue weighted by atomic mass is 127. The zero-order chi connectivity index (χ0) is 17.0. The SMILES string of the molecule is I.c1coc(CCNC(=NCc2cccs2)N2CCC3(CCOC3)C2)c1. The largest absolute Gasteiger partial charge is 0.469 e. The quantitative estimate of drug-likeness (QED) is 0.397. The maximum atomic E-state index is 5.66. The van der Waals surface area contributed by atoms with E-state index in [1.165, 1.54) is 17.7 Å². The average Bonchev–Trinajstić information content (AvgIpc) is 3.41. The minimum atomic E-state index is 0. The number of guanidine groups is 1. The third kappa shape index (κ3) is 4.80. The lowest BCUT2D eigenvalue weighted by atomic mass is 9.87. The predicted molar refractivity (Wildman–Crippen MR) is 115 cm³/mol. The zero-order valence-electron chi connectivity index (χ0n) is 14.9. The normalized spacial score (nSPS) is 22.8. The van der Waals surface area contributed by atoms with E-state index >= 15 is 0 Å². The molecule has 1 spiro atoms. The van der Waals surface area contributed by atoms with Crippen LogP contribution in [0.15, 0.2) is 45.3 Å².